The summed E-state index contributed by atoms with van der Waals surface area (Å²) in [6.45, 7) is 3.35. The van der Waals surface area contributed by atoms with Crippen LogP contribution >= 0.6 is 0 Å². The quantitative estimate of drug-likeness (QED) is 0.598. The van der Waals surface area contributed by atoms with E-state index in [9.17, 15) is 18.7 Å². The van der Waals surface area contributed by atoms with Gasteiger partial charge in [0.1, 0.15) is 11.6 Å². The summed E-state index contributed by atoms with van der Waals surface area (Å²) in [5, 5.41) is 16.9. The van der Waals surface area contributed by atoms with Crippen molar-refractivity contribution < 1.29 is 18.7 Å². The largest absolute Gasteiger partial charge is 0.392 e. The van der Waals surface area contributed by atoms with E-state index in [-0.39, 0.29) is 18.1 Å². The molecule has 2 saturated heterocycles. The number of hydrogen-bond acceptors (Lipinski definition) is 5. The Labute approximate surface area is 190 Å². The van der Waals surface area contributed by atoms with Crippen LogP contribution < -0.4 is 10.2 Å². The molecule has 2 atom stereocenters. The second-order valence-electron chi connectivity index (χ2n) is 8.79. The van der Waals surface area contributed by atoms with Crippen LogP contribution in [0.1, 0.15) is 41.2 Å². The normalized spacial score (nSPS) is 21.2. The molecule has 2 N–H and O–H groups in total. The third kappa shape index (κ3) is 4.43. The van der Waals surface area contributed by atoms with Crippen molar-refractivity contribution in [2.45, 2.75) is 31.4 Å². The Hall–Kier alpha value is -3.04. The summed E-state index contributed by atoms with van der Waals surface area (Å²) in [6.07, 6.45) is 5.40. The van der Waals surface area contributed by atoms with Gasteiger partial charge in [-0.1, -0.05) is 0 Å². The van der Waals surface area contributed by atoms with Crippen LogP contribution in [-0.2, 0) is 0 Å². The van der Waals surface area contributed by atoms with Crippen LogP contribution in [0.25, 0.3) is 5.52 Å². The molecule has 4 heterocycles. The molecule has 2 fully saturated rings. The first-order valence-electron chi connectivity index (χ1n) is 11.4. The molecule has 1 amide bonds. The van der Waals surface area contributed by atoms with Crippen molar-refractivity contribution in [3.63, 3.8) is 0 Å². The van der Waals surface area contributed by atoms with Crippen molar-refractivity contribution in [2.24, 2.45) is 0 Å². The van der Waals surface area contributed by atoms with Gasteiger partial charge in [0.15, 0.2) is 0 Å². The molecule has 0 bridgehead atoms. The summed E-state index contributed by atoms with van der Waals surface area (Å²) in [6, 6.07) is 7.08. The predicted molar refractivity (Wildman–Crippen MR) is 120 cm³/mol. The van der Waals surface area contributed by atoms with Crippen molar-refractivity contribution in [3.05, 3.63) is 65.5 Å². The highest BCUT2D eigenvalue weighted by atomic mass is 19.1. The molecule has 33 heavy (non-hydrogen) atoms. The van der Waals surface area contributed by atoms with Crippen molar-refractivity contribution >= 4 is 17.1 Å². The Morgan fingerprint density at radius 1 is 1.18 bits per heavy atom. The maximum atomic E-state index is 14.5. The minimum atomic E-state index is -0.452. The number of fused-ring (bicyclic) bond motifs is 1. The average molecular weight is 456 g/mol. The Morgan fingerprint density at radius 2 is 2.06 bits per heavy atom. The minimum Gasteiger partial charge on any atom is -0.392 e. The van der Waals surface area contributed by atoms with Crippen LogP contribution in [0.5, 0.6) is 0 Å². The zero-order valence-corrected chi connectivity index (χ0v) is 18.3. The zero-order valence-electron chi connectivity index (χ0n) is 18.3. The molecule has 2 aromatic heterocycles. The highest BCUT2D eigenvalue weighted by Gasteiger charge is 2.29. The van der Waals surface area contributed by atoms with Gasteiger partial charge in [0, 0.05) is 50.2 Å². The second kappa shape index (κ2) is 9.07. The number of nitrogens with one attached hydrogen (secondary N) is 1. The van der Waals surface area contributed by atoms with Gasteiger partial charge in [0.25, 0.3) is 5.91 Å². The van der Waals surface area contributed by atoms with E-state index in [1.807, 2.05) is 12.1 Å². The number of aromatic nitrogens is 2. The number of carbonyl (C=O) groups excluding carboxylic acids is 1. The number of nitrogens with zero attached hydrogens (tertiary/aromatic N) is 4. The first kappa shape index (κ1) is 21.8. The lowest BCUT2D eigenvalue weighted by molar-refractivity contribution is 0.0950. The molecule has 0 aliphatic carbocycles. The number of β-amino-alcohol motifs (C(OH)–C–C–N with tert-alkyl or cyclic N) is 1. The number of halogens is 2. The zero-order chi connectivity index (χ0) is 22.9. The molecule has 2 aliphatic heterocycles. The van der Waals surface area contributed by atoms with Crippen molar-refractivity contribution in [3.8, 4) is 0 Å². The van der Waals surface area contributed by atoms with Crippen LogP contribution in [0.4, 0.5) is 14.5 Å². The topological polar surface area (TPSA) is 73.1 Å². The Morgan fingerprint density at radius 3 is 2.88 bits per heavy atom. The number of pyridine rings is 1. The molecule has 3 aromatic rings. The van der Waals surface area contributed by atoms with Gasteiger partial charge < -0.3 is 15.3 Å². The number of likely N-dealkylation sites (tertiary alicyclic amines) is 1. The molecule has 174 valence electrons. The molecule has 0 radical (unpaired) electrons. The van der Waals surface area contributed by atoms with E-state index < -0.39 is 11.6 Å². The van der Waals surface area contributed by atoms with E-state index in [4.69, 9.17) is 0 Å². The second-order valence-corrected chi connectivity index (χ2v) is 8.79. The fourth-order valence-electron chi connectivity index (χ4n) is 4.93. The number of carbonyl (C=O) groups is 1. The van der Waals surface area contributed by atoms with Gasteiger partial charge in [-0.3, -0.25) is 9.69 Å². The molecule has 5 rings (SSSR count). The van der Waals surface area contributed by atoms with E-state index in [2.05, 4.69) is 20.2 Å². The number of hydrogen-bond donors (Lipinski definition) is 2. The summed E-state index contributed by atoms with van der Waals surface area (Å²) < 4.78 is 29.9. The molecule has 7 nitrogen and oxygen atoms in total. The van der Waals surface area contributed by atoms with E-state index in [0.717, 1.165) is 37.6 Å². The van der Waals surface area contributed by atoms with E-state index in [1.54, 1.807) is 16.9 Å². The van der Waals surface area contributed by atoms with Gasteiger partial charge in [0.05, 0.1) is 29.4 Å². The Balaban J connectivity index is 1.34. The third-order valence-electron chi connectivity index (χ3n) is 6.61. The van der Waals surface area contributed by atoms with Crippen LogP contribution in [0, 0.1) is 11.6 Å². The summed E-state index contributed by atoms with van der Waals surface area (Å²) in [5.74, 6) is -1.08. The SMILES string of the molecule is O=C(NCCN1CCC(O)C1)c1cnn2ccc(N3CCC[C@@H]3c3cc(F)ccc3F)cc12. The van der Waals surface area contributed by atoms with Crippen molar-refractivity contribution in [1.82, 2.24) is 19.8 Å². The van der Waals surface area contributed by atoms with E-state index >= 15 is 0 Å². The Bertz CT molecular complexity index is 1170. The molecule has 9 heteroatoms. The number of rotatable bonds is 6. The minimum absolute atomic E-state index is 0.212. The number of benzene rings is 1. The fourth-order valence-corrected chi connectivity index (χ4v) is 4.93. The molecule has 0 spiro atoms. The van der Waals surface area contributed by atoms with E-state index in [0.29, 0.717) is 42.8 Å². The van der Waals surface area contributed by atoms with Crippen LogP contribution in [0.3, 0.4) is 0 Å². The summed E-state index contributed by atoms with van der Waals surface area (Å²) in [7, 11) is 0. The number of amides is 1. The van der Waals surface area contributed by atoms with Crippen molar-refractivity contribution in [1.29, 1.82) is 0 Å². The predicted octanol–water partition coefficient (Wildman–Crippen LogP) is 2.75. The molecular formula is C24H27F2N5O2. The highest BCUT2D eigenvalue weighted by molar-refractivity contribution is 6.01. The fraction of sp³-hybridized carbons (Fsp3) is 0.417. The van der Waals surface area contributed by atoms with Crippen LogP contribution in [-0.4, -0.2) is 64.4 Å². The summed E-state index contributed by atoms with van der Waals surface area (Å²) in [5.41, 5.74) is 2.32. The number of aliphatic hydroxyl groups is 1. The summed E-state index contributed by atoms with van der Waals surface area (Å²) in [4.78, 5) is 17.0. The smallest absolute Gasteiger partial charge is 0.255 e. The lowest BCUT2D eigenvalue weighted by atomic mass is 10.0. The van der Waals surface area contributed by atoms with Gasteiger partial charge in [-0.25, -0.2) is 13.3 Å². The van der Waals surface area contributed by atoms with Crippen molar-refractivity contribution in [2.75, 3.05) is 37.6 Å². The highest BCUT2D eigenvalue weighted by Crippen LogP contribution is 2.38. The van der Waals surface area contributed by atoms with Crippen LogP contribution in [0.15, 0.2) is 42.7 Å². The first-order chi connectivity index (χ1) is 16.0. The standard InChI is InChI=1S/C24H27F2N5O2/c25-16-3-4-21(26)19(12-16)22-2-1-8-30(22)17-5-10-31-23(13-17)20(14-28-31)24(33)27-7-11-29-9-6-18(32)15-29/h3-5,10,12-14,18,22,32H,1-2,6-9,11,15H2,(H,27,33)/t18?,22-/m1/s1. The third-order valence-corrected chi connectivity index (χ3v) is 6.61. The van der Waals surface area contributed by atoms with Gasteiger partial charge >= 0.3 is 0 Å². The van der Waals surface area contributed by atoms with Gasteiger partial charge in [-0.2, -0.15) is 5.10 Å². The summed E-state index contributed by atoms with van der Waals surface area (Å²) >= 11 is 0. The lowest BCUT2D eigenvalue weighted by Gasteiger charge is -2.27. The maximum absolute atomic E-state index is 14.5. The van der Waals surface area contributed by atoms with Crippen LogP contribution in [0.2, 0.25) is 0 Å². The molecule has 2 aliphatic rings. The van der Waals surface area contributed by atoms with Gasteiger partial charge in [-0.15, -0.1) is 0 Å². The van der Waals surface area contributed by atoms with Gasteiger partial charge in [0.2, 0.25) is 0 Å². The monoisotopic (exact) mass is 455 g/mol. The number of aliphatic hydroxyl groups excluding tert-OH is 1. The first-order valence-corrected chi connectivity index (χ1v) is 11.4. The Kier molecular flexibility index (Phi) is 5.99. The average Bonchev–Trinajstić information content (AvgIpc) is 3.54. The lowest BCUT2D eigenvalue weighted by Crippen LogP contribution is -2.34. The maximum Gasteiger partial charge on any atom is 0.255 e. The van der Waals surface area contributed by atoms with E-state index in [1.165, 1.54) is 12.1 Å². The molecule has 1 unspecified atom stereocenters. The molecular weight excluding hydrogens is 428 g/mol. The molecule has 0 saturated carbocycles. The molecule has 1 aromatic carbocycles. The number of anilines is 1. The van der Waals surface area contributed by atoms with Gasteiger partial charge in [-0.05, 0) is 49.6 Å².